The summed E-state index contributed by atoms with van der Waals surface area (Å²) in [5.74, 6) is -4.02. The molecule has 2 unspecified atom stereocenters. The number of aryl methyl sites for hydroxylation is 4. The molecule has 2 N–H and O–H groups in total. The number of carbonyl (C=O) groups excluding carboxylic acids is 4. The number of ether oxygens (including phenoxy) is 4. The van der Waals surface area contributed by atoms with E-state index in [4.69, 9.17) is 18.9 Å². The summed E-state index contributed by atoms with van der Waals surface area (Å²) < 4.78 is 21.8. The minimum absolute atomic E-state index is 0.0357. The lowest BCUT2D eigenvalue weighted by Gasteiger charge is -2.37. The Hall–Kier alpha value is -3.44. The molecule has 4 rings (SSSR count). The van der Waals surface area contributed by atoms with Crippen molar-refractivity contribution in [1.29, 1.82) is 0 Å². The van der Waals surface area contributed by atoms with Crippen LogP contribution >= 0.6 is 0 Å². The number of hydrogen-bond donors (Lipinski definition) is 2. The Labute approximate surface area is 283 Å². The third-order valence-corrected chi connectivity index (χ3v) is 9.96. The van der Waals surface area contributed by atoms with E-state index in [0.717, 1.165) is 35.1 Å². The van der Waals surface area contributed by atoms with Crippen LogP contribution in [-0.2, 0) is 28.5 Å². The van der Waals surface area contributed by atoms with Gasteiger partial charge in [-0.15, -0.1) is 0 Å². The molecule has 10 nitrogen and oxygen atoms in total. The summed E-state index contributed by atoms with van der Waals surface area (Å²) in [7, 11) is 0. The topological polar surface area (TPSA) is 146 Å². The SMILES string of the molecule is Cc1ccc(C(=O)C2(O)CCCCC2C(=O)OCCOCCOCCOC(=O)[C@H]2CCCC[C@]2(O)C(=O)c2ccc(C)c(C)c2)cc1C. The number of hydrogen-bond acceptors (Lipinski definition) is 10. The molecule has 0 radical (unpaired) electrons. The largest absolute Gasteiger partial charge is 0.463 e. The molecule has 4 atom stereocenters. The molecule has 10 heteroatoms. The molecule has 0 aliphatic heterocycles. The van der Waals surface area contributed by atoms with Gasteiger partial charge < -0.3 is 29.2 Å². The van der Waals surface area contributed by atoms with Crippen LogP contribution < -0.4 is 0 Å². The van der Waals surface area contributed by atoms with Crippen molar-refractivity contribution in [2.75, 3.05) is 39.6 Å². The predicted molar refractivity (Wildman–Crippen MR) is 178 cm³/mol. The average molecular weight is 667 g/mol. The Morgan fingerprint density at radius 1 is 0.583 bits per heavy atom. The van der Waals surface area contributed by atoms with E-state index in [0.29, 0.717) is 36.8 Å². The maximum absolute atomic E-state index is 13.3. The molecule has 2 aliphatic rings. The van der Waals surface area contributed by atoms with Crippen molar-refractivity contribution in [3.05, 3.63) is 69.8 Å². The molecule has 0 spiro atoms. The van der Waals surface area contributed by atoms with Crippen molar-refractivity contribution in [3.8, 4) is 0 Å². The van der Waals surface area contributed by atoms with Gasteiger partial charge in [0.05, 0.1) is 38.3 Å². The smallest absolute Gasteiger partial charge is 0.312 e. The first-order valence-corrected chi connectivity index (χ1v) is 17.1. The van der Waals surface area contributed by atoms with E-state index in [1.807, 2.05) is 39.8 Å². The zero-order chi connectivity index (χ0) is 34.9. The van der Waals surface area contributed by atoms with Crippen LogP contribution in [0.15, 0.2) is 36.4 Å². The zero-order valence-corrected chi connectivity index (χ0v) is 28.7. The van der Waals surface area contributed by atoms with Gasteiger partial charge in [0.25, 0.3) is 0 Å². The van der Waals surface area contributed by atoms with Crippen LogP contribution in [0.1, 0.15) is 94.3 Å². The van der Waals surface area contributed by atoms with Crippen molar-refractivity contribution in [3.63, 3.8) is 0 Å². The van der Waals surface area contributed by atoms with Gasteiger partial charge in [-0.1, -0.05) is 49.9 Å². The zero-order valence-electron chi connectivity index (χ0n) is 28.7. The molecule has 2 fully saturated rings. The summed E-state index contributed by atoms with van der Waals surface area (Å²) in [5, 5.41) is 22.8. The van der Waals surface area contributed by atoms with Gasteiger partial charge in [0.2, 0.25) is 0 Å². The van der Waals surface area contributed by atoms with Gasteiger partial charge in [-0.25, -0.2) is 0 Å². The molecule has 0 amide bonds. The summed E-state index contributed by atoms with van der Waals surface area (Å²) in [5.41, 5.74) is 1.13. The number of ketones is 2. The molecule has 0 aromatic heterocycles. The molecule has 262 valence electrons. The number of rotatable bonds is 15. The highest BCUT2D eigenvalue weighted by Crippen LogP contribution is 2.39. The van der Waals surface area contributed by atoms with Gasteiger partial charge in [-0.3, -0.25) is 19.2 Å². The second-order valence-electron chi connectivity index (χ2n) is 13.3. The Kier molecular flexibility index (Phi) is 13.1. The second-order valence-corrected chi connectivity index (χ2v) is 13.3. The molecular weight excluding hydrogens is 616 g/mol. The van der Waals surface area contributed by atoms with Gasteiger partial charge in [-0.2, -0.15) is 0 Å². The third kappa shape index (κ3) is 8.77. The molecule has 0 heterocycles. The van der Waals surface area contributed by atoms with Gasteiger partial charge in [-0.05, 0) is 87.8 Å². The van der Waals surface area contributed by atoms with Crippen LogP contribution in [-0.4, -0.2) is 84.6 Å². The maximum atomic E-state index is 13.3. The van der Waals surface area contributed by atoms with Gasteiger partial charge in [0.15, 0.2) is 11.6 Å². The lowest BCUT2D eigenvalue weighted by molar-refractivity contribution is -0.162. The Morgan fingerprint density at radius 3 is 1.33 bits per heavy atom. The Balaban J connectivity index is 1.13. The number of aliphatic hydroxyl groups is 2. The fourth-order valence-electron chi connectivity index (χ4n) is 6.67. The molecule has 0 saturated heterocycles. The highest BCUT2D eigenvalue weighted by molar-refractivity contribution is 6.05. The van der Waals surface area contributed by atoms with E-state index >= 15 is 0 Å². The van der Waals surface area contributed by atoms with E-state index in [1.54, 1.807) is 24.3 Å². The molecule has 2 aliphatic carbocycles. The normalized spacial score (nSPS) is 24.1. The molecule has 2 aromatic rings. The highest BCUT2D eigenvalue weighted by Gasteiger charge is 2.51. The van der Waals surface area contributed by atoms with E-state index in [1.165, 1.54) is 0 Å². The van der Waals surface area contributed by atoms with E-state index < -0.39 is 46.5 Å². The Bertz CT molecular complexity index is 1360. The first kappa shape index (κ1) is 37.4. The quantitative estimate of drug-likeness (QED) is 0.152. The Morgan fingerprint density at radius 2 is 0.958 bits per heavy atom. The summed E-state index contributed by atoms with van der Waals surface area (Å²) in [6.07, 6.45) is 3.88. The summed E-state index contributed by atoms with van der Waals surface area (Å²) >= 11 is 0. The van der Waals surface area contributed by atoms with Crippen LogP contribution in [0.2, 0.25) is 0 Å². The van der Waals surface area contributed by atoms with Crippen molar-refractivity contribution in [1.82, 2.24) is 0 Å². The molecule has 2 aromatic carbocycles. The van der Waals surface area contributed by atoms with Crippen LogP contribution in [0.5, 0.6) is 0 Å². The molecule has 2 saturated carbocycles. The summed E-state index contributed by atoms with van der Waals surface area (Å²) in [6, 6.07) is 10.5. The number of benzene rings is 2. The first-order valence-electron chi connectivity index (χ1n) is 17.1. The predicted octanol–water partition coefficient (Wildman–Crippen LogP) is 4.95. The van der Waals surface area contributed by atoms with Crippen molar-refractivity contribution >= 4 is 23.5 Å². The minimum atomic E-state index is -1.80. The number of carbonyl (C=O) groups is 4. The molecular formula is C38H50O10. The lowest BCUT2D eigenvalue weighted by Crippen LogP contribution is -2.51. The van der Waals surface area contributed by atoms with E-state index in [9.17, 15) is 29.4 Å². The molecule has 0 bridgehead atoms. The standard InChI is InChI=1S/C38H50O10/c1-25-11-13-29(23-27(25)3)33(39)37(43)15-7-5-9-31(37)35(41)47-21-19-45-17-18-46-20-22-48-36(42)32-10-6-8-16-38(32,44)34(40)30-14-12-26(2)28(4)24-30/h11-14,23-24,31-32,43-44H,5-10,15-22H2,1-4H3/t31-,32?,37-,38?/m1/s1. The monoisotopic (exact) mass is 666 g/mol. The number of Topliss-reactive ketones (excluding diaryl/α,β-unsaturated/α-hetero) is 2. The maximum Gasteiger partial charge on any atom is 0.312 e. The highest BCUT2D eigenvalue weighted by atomic mass is 16.6. The first-order chi connectivity index (χ1) is 22.9. The third-order valence-electron chi connectivity index (χ3n) is 9.96. The van der Waals surface area contributed by atoms with Crippen LogP contribution in [0.3, 0.4) is 0 Å². The molecule has 48 heavy (non-hydrogen) atoms. The van der Waals surface area contributed by atoms with Gasteiger partial charge in [0, 0.05) is 11.1 Å². The lowest BCUT2D eigenvalue weighted by atomic mass is 9.71. The van der Waals surface area contributed by atoms with Crippen LogP contribution in [0.25, 0.3) is 0 Å². The van der Waals surface area contributed by atoms with Crippen molar-refractivity contribution in [2.45, 2.75) is 90.3 Å². The van der Waals surface area contributed by atoms with Crippen LogP contribution in [0.4, 0.5) is 0 Å². The van der Waals surface area contributed by atoms with Crippen molar-refractivity contribution in [2.24, 2.45) is 11.8 Å². The second kappa shape index (κ2) is 16.8. The summed E-state index contributed by atoms with van der Waals surface area (Å²) in [6.45, 7) is 8.25. The summed E-state index contributed by atoms with van der Waals surface area (Å²) in [4.78, 5) is 52.5. The average Bonchev–Trinajstić information content (AvgIpc) is 3.07. The number of esters is 2. The van der Waals surface area contributed by atoms with Gasteiger partial charge >= 0.3 is 11.9 Å². The minimum Gasteiger partial charge on any atom is -0.463 e. The van der Waals surface area contributed by atoms with Crippen molar-refractivity contribution < 1.29 is 48.3 Å². The fraction of sp³-hybridized carbons (Fsp3) is 0.579. The fourth-order valence-corrected chi connectivity index (χ4v) is 6.67. The van der Waals surface area contributed by atoms with E-state index in [2.05, 4.69) is 0 Å². The van der Waals surface area contributed by atoms with Crippen LogP contribution in [0, 0.1) is 39.5 Å². The van der Waals surface area contributed by atoms with E-state index in [-0.39, 0.29) is 52.5 Å². The van der Waals surface area contributed by atoms with Gasteiger partial charge in [0.1, 0.15) is 24.4 Å².